The van der Waals surface area contributed by atoms with E-state index in [1.165, 1.54) is 6.20 Å². The molecule has 76 valence electrons. The van der Waals surface area contributed by atoms with Gasteiger partial charge < -0.3 is 5.11 Å². The number of pyridine rings is 1. The summed E-state index contributed by atoms with van der Waals surface area (Å²) in [5.74, 6) is 0.152. The highest BCUT2D eigenvalue weighted by molar-refractivity contribution is 8.00. The maximum atomic E-state index is 13.4. The average molecular weight is 213 g/mol. The number of hydrogen-bond donors (Lipinski definition) is 1. The van der Waals surface area contributed by atoms with Gasteiger partial charge in [-0.15, -0.1) is 0 Å². The Morgan fingerprint density at radius 3 is 3.07 bits per heavy atom. The van der Waals surface area contributed by atoms with Gasteiger partial charge in [0.05, 0.1) is 6.20 Å². The number of rotatable bonds is 1. The third-order valence-corrected chi connectivity index (χ3v) is 3.89. The van der Waals surface area contributed by atoms with E-state index in [1.54, 1.807) is 17.8 Å². The van der Waals surface area contributed by atoms with Crippen molar-refractivity contribution in [1.82, 2.24) is 4.98 Å². The number of thioether (sulfide) groups is 1. The Bertz CT molecular complexity index is 347. The minimum absolute atomic E-state index is 0.379. The average Bonchev–Trinajstić information content (AvgIpc) is 2.48. The summed E-state index contributed by atoms with van der Waals surface area (Å²) in [6.07, 6.45) is 3.28. The van der Waals surface area contributed by atoms with Crippen LogP contribution in [0.3, 0.4) is 0 Å². The smallest absolute Gasteiger partial charge is 0.147 e. The molecule has 0 saturated carbocycles. The van der Waals surface area contributed by atoms with Gasteiger partial charge in [0.25, 0.3) is 0 Å². The lowest BCUT2D eigenvalue weighted by Crippen LogP contribution is -2.27. The van der Waals surface area contributed by atoms with Crippen LogP contribution >= 0.6 is 11.8 Å². The lowest BCUT2D eigenvalue weighted by atomic mass is 9.92. The summed E-state index contributed by atoms with van der Waals surface area (Å²) in [6.45, 7) is 2.04. The van der Waals surface area contributed by atoms with E-state index >= 15 is 0 Å². The zero-order valence-electron chi connectivity index (χ0n) is 7.90. The van der Waals surface area contributed by atoms with Gasteiger partial charge in [0.1, 0.15) is 11.4 Å². The Kier molecular flexibility index (Phi) is 2.49. The number of aliphatic hydroxyl groups is 1. The summed E-state index contributed by atoms with van der Waals surface area (Å²) in [7, 11) is 0. The molecule has 2 heterocycles. The molecule has 14 heavy (non-hydrogen) atoms. The van der Waals surface area contributed by atoms with Crippen molar-refractivity contribution in [3.8, 4) is 0 Å². The molecule has 1 fully saturated rings. The molecule has 0 spiro atoms. The highest BCUT2D eigenvalue weighted by Crippen LogP contribution is 2.41. The lowest BCUT2D eigenvalue weighted by Gasteiger charge is -2.22. The molecule has 2 rings (SSSR count). The summed E-state index contributed by atoms with van der Waals surface area (Å²) >= 11 is 1.67. The van der Waals surface area contributed by atoms with Gasteiger partial charge in [-0.25, -0.2) is 4.39 Å². The van der Waals surface area contributed by atoms with Crippen LogP contribution in [0.1, 0.15) is 18.9 Å². The van der Waals surface area contributed by atoms with Crippen molar-refractivity contribution in [2.24, 2.45) is 0 Å². The molecule has 1 aliphatic rings. The molecule has 2 unspecified atom stereocenters. The van der Waals surface area contributed by atoms with Gasteiger partial charge in [0.15, 0.2) is 0 Å². The molecule has 2 atom stereocenters. The largest absolute Gasteiger partial charge is 0.384 e. The molecule has 0 amide bonds. The van der Waals surface area contributed by atoms with Gasteiger partial charge in [-0.3, -0.25) is 4.98 Å². The summed E-state index contributed by atoms with van der Waals surface area (Å²) in [5.41, 5.74) is -0.624. The molecule has 0 aliphatic carbocycles. The molecule has 4 heteroatoms. The van der Waals surface area contributed by atoms with E-state index < -0.39 is 11.4 Å². The fourth-order valence-electron chi connectivity index (χ4n) is 1.81. The highest BCUT2D eigenvalue weighted by Gasteiger charge is 2.39. The number of hydrogen-bond acceptors (Lipinski definition) is 3. The molecule has 0 bridgehead atoms. The van der Waals surface area contributed by atoms with Gasteiger partial charge in [-0.2, -0.15) is 11.8 Å². The van der Waals surface area contributed by atoms with Gasteiger partial charge in [-0.1, -0.05) is 6.92 Å². The molecule has 1 aromatic rings. The van der Waals surface area contributed by atoms with E-state index in [2.05, 4.69) is 4.98 Å². The van der Waals surface area contributed by atoms with Gasteiger partial charge in [0, 0.05) is 22.8 Å². The van der Waals surface area contributed by atoms with Crippen LogP contribution < -0.4 is 0 Å². The van der Waals surface area contributed by atoms with Crippen LogP contribution in [-0.4, -0.2) is 21.1 Å². The Labute approximate surface area is 86.6 Å². The van der Waals surface area contributed by atoms with Gasteiger partial charge >= 0.3 is 0 Å². The van der Waals surface area contributed by atoms with Gasteiger partial charge in [0.2, 0.25) is 0 Å². The molecule has 2 nitrogen and oxygen atoms in total. The zero-order chi connectivity index (χ0) is 10.2. The van der Waals surface area contributed by atoms with Crippen molar-refractivity contribution in [3.05, 3.63) is 29.8 Å². The second kappa shape index (κ2) is 3.51. The topological polar surface area (TPSA) is 33.1 Å². The molecule has 1 aliphatic heterocycles. The Balaban J connectivity index is 2.35. The maximum Gasteiger partial charge on any atom is 0.147 e. The fourth-order valence-corrected chi connectivity index (χ4v) is 3.04. The van der Waals surface area contributed by atoms with E-state index in [-0.39, 0.29) is 0 Å². The number of aromatic nitrogens is 1. The Morgan fingerprint density at radius 2 is 2.50 bits per heavy atom. The predicted octanol–water partition coefficient (Wildman–Crippen LogP) is 1.93. The third-order valence-electron chi connectivity index (χ3n) is 2.51. The van der Waals surface area contributed by atoms with Crippen LogP contribution in [0.4, 0.5) is 4.39 Å². The summed E-state index contributed by atoms with van der Waals surface area (Å²) in [4.78, 5) is 3.67. The second-order valence-corrected chi connectivity index (χ2v) is 5.14. The monoisotopic (exact) mass is 213 g/mol. The van der Waals surface area contributed by atoms with E-state index in [0.717, 1.165) is 6.20 Å². The first kappa shape index (κ1) is 9.93. The molecule has 0 radical (unpaired) electrons. The molecular weight excluding hydrogens is 201 g/mol. The molecule has 0 aromatic carbocycles. The second-order valence-electron chi connectivity index (χ2n) is 3.71. The van der Waals surface area contributed by atoms with Crippen LogP contribution in [0.2, 0.25) is 0 Å². The van der Waals surface area contributed by atoms with Crippen molar-refractivity contribution < 1.29 is 9.50 Å². The van der Waals surface area contributed by atoms with Crippen molar-refractivity contribution in [2.75, 3.05) is 5.75 Å². The fraction of sp³-hybridized carbons (Fsp3) is 0.500. The Hall–Kier alpha value is -0.610. The molecule has 1 saturated heterocycles. The van der Waals surface area contributed by atoms with E-state index in [1.807, 2.05) is 6.92 Å². The molecule has 1 N–H and O–H groups in total. The molecular formula is C10H12FNOS. The zero-order valence-corrected chi connectivity index (χ0v) is 8.72. The van der Waals surface area contributed by atoms with E-state index in [9.17, 15) is 9.50 Å². The lowest BCUT2D eigenvalue weighted by molar-refractivity contribution is 0.0572. The normalized spacial score (nSPS) is 32.1. The molecule has 1 aromatic heterocycles. The minimum atomic E-state index is -1.00. The summed E-state index contributed by atoms with van der Waals surface area (Å²) < 4.78 is 13.4. The number of nitrogens with zero attached hydrogens (tertiary/aromatic N) is 1. The Morgan fingerprint density at radius 1 is 1.71 bits per heavy atom. The summed E-state index contributed by atoms with van der Waals surface area (Å²) in [6, 6.07) is 1.56. The van der Waals surface area contributed by atoms with Crippen molar-refractivity contribution in [3.63, 3.8) is 0 Å². The minimum Gasteiger partial charge on any atom is -0.384 e. The van der Waals surface area contributed by atoms with Crippen molar-refractivity contribution in [2.45, 2.75) is 24.2 Å². The maximum absolute atomic E-state index is 13.4. The van der Waals surface area contributed by atoms with Crippen molar-refractivity contribution >= 4 is 11.8 Å². The van der Waals surface area contributed by atoms with Crippen LogP contribution in [-0.2, 0) is 5.60 Å². The number of halogens is 1. The van der Waals surface area contributed by atoms with Crippen LogP contribution in [0, 0.1) is 5.82 Å². The third kappa shape index (κ3) is 1.64. The van der Waals surface area contributed by atoms with E-state index in [0.29, 0.717) is 23.0 Å². The first-order valence-electron chi connectivity index (χ1n) is 4.56. The summed E-state index contributed by atoms with van der Waals surface area (Å²) in [5, 5.41) is 10.6. The first-order valence-corrected chi connectivity index (χ1v) is 5.61. The van der Waals surface area contributed by atoms with Crippen LogP contribution in [0.15, 0.2) is 18.5 Å². The van der Waals surface area contributed by atoms with Crippen molar-refractivity contribution in [1.29, 1.82) is 0 Å². The predicted molar refractivity (Wildman–Crippen MR) is 54.6 cm³/mol. The highest BCUT2D eigenvalue weighted by atomic mass is 32.2. The van der Waals surface area contributed by atoms with Gasteiger partial charge in [-0.05, 0) is 12.5 Å². The quantitative estimate of drug-likeness (QED) is 0.774. The van der Waals surface area contributed by atoms with Crippen LogP contribution in [0.25, 0.3) is 0 Å². The first-order chi connectivity index (χ1) is 6.62. The van der Waals surface area contributed by atoms with E-state index in [4.69, 9.17) is 0 Å². The van der Waals surface area contributed by atoms with Crippen LogP contribution in [0.5, 0.6) is 0 Å². The SMILES string of the molecule is CC1CC(O)(c2ccncc2F)CS1. The standard InChI is InChI=1S/C10H12FNOS/c1-7-4-10(13,6-14-7)8-2-3-12-5-9(8)11/h2-3,5,7,13H,4,6H2,1H3.